The van der Waals surface area contributed by atoms with Crippen LogP contribution in [0, 0.1) is 5.41 Å². The molecule has 5 heteroatoms. The smallest absolute Gasteiger partial charge is 0.252 e. The van der Waals surface area contributed by atoms with Crippen molar-refractivity contribution < 1.29 is 9.59 Å². The molecule has 0 bridgehead atoms. The predicted molar refractivity (Wildman–Crippen MR) is 101 cm³/mol. The summed E-state index contributed by atoms with van der Waals surface area (Å²) < 4.78 is 0. The molecule has 136 valence electrons. The molecular formula is C21H25N3O2. The Balaban J connectivity index is 1.83. The lowest BCUT2D eigenvalue weighted by Crippen LogP contribution is -2.43. The highest BCUT2D eigenvalue weighted by Crippen LogP contribution is 2.30. The first-order valence-electron chi connectivity index (χ1n) is 8.92. The van der Waals surface area contributed by atoms with E-state index in [1.54, 1.807) is 24.3 Å². The van der Waals surface area contributed by atoms with E-state index in [-0.39, 0.29) is 17.2 Å². The van der Waals surface area contributed by atoms with Gasteiger partial charge in [-0.1, -0.05) is 55.5 Å². The highest BCUT2D eigenvalue weighted by molar-refractivity contribution is 5.97. The van der Waals surface area contributed by atoms with Crippen LogP contribution in [0.15, 0.2) is 60.7 Å². The van der Waals surface area contributed by atoms with Gasteiger partial charge in [-0.25, -0.2) is 0 Å². The van der Waals surface area contributed by atoms with Crippen molar-refractivity contribution in [2.45, 2.75) is 19.4 Å². The summed E-state index contributed by atoms with van der Waals surface area (Å²) >= 11 is 0. The Morgan fingerprint density at radius 2 is 1.73 bits per heavy atom. The minimum Gasteiger partial charge on any atom is -0.340 e. The average molecular weight is 351 g/mol. The van der Waals surface area contributed by atoms with E-state index in [1.807, 2.05) is 41.3 Å². The van der Waals surface area contributed by atoms with Crippen LogP contribution in [0.3, 0.4) is 0 Å². The van der Waals surface area contributed by atoms with Crippen molar-refractivity contribution in [2.24, 2.45) is 11.1 Å². The molecule has 3 N–H and O–H groups in total. The number of rotatable bonds is 5. The molecule has 0 saturated carbocycles. The van der Waals surface area contributed by atoms with E-state index in [2.05, 4.69) is 12.2 Å². The van der Waals surface area contributed by atoms with E-state index in [9.17, 15) is 9.59 Å². The summed E-state index contributed by atoms with van der Waals surface area (Å²) in [6.07, 6.45) is 0.878. The van der Waals surface area contributed by atoms with Gasteiger partial charge in [0.25, 0.3) is 5.91 Å². The fourth-order valence-corrected chi connectivity index (χ4v) is 3.30. The number of nitrogens with one attached hydrogen (secondary N) is 1. The predicted octanol–water partition coefficient (Wildman–Crippen LogP) is 2.36. The number of likely N-dealkylation sites (tertiary alicyclic amines) is 1. The Morgan fingerprint density at radius 3 is 2.31 bits per heavy atom. The van der Waals surface area contributed by atoms with Crippen LogP contribution >= 0.6 is 0 Å². The zero-order valence-electron chi connectivity index (χ0n) is 15.0. The monoisotopic (exact) mass is 351 g/mol. The Bertz CT molecular complexity index is 763. The lowest BCUT2D eigenvalue weighted by molar-refractivity contribution is -0.132. The number of carbonyl (C=O) groups excluding carboxylic acids is 2. The summed E-state index contributed by atoms with van der Waals surface area (Å²) in [5.74, 6) is -0.341. The fourth-order valence-electron chi connectivity index (χ4n) is 3.30. The van der Waals surface area contributed by atoms with Gasteiger partial charge in [0, 0.05) is 18.7 Å². The largest absolute Gasteiger partial charge is 0.340 e. The Morgan fingerprint density at radius 1 is 1.12 bits per heavy atom. The van der Waals surface area contributed by atoms with Gasteiger partial charge in [0.1, 0.15) is 6.04 Å². The standard InChI is InChI=1S/C21H25N3O2/c1-21(14-22)12-13-24(15-21)20(26)18(16-8-4-2-5-9-16)23-19(25)17-10-6-3-7-11-17/h2-11,18H,12-15,22H2,1H3,(H,23,25). The molecule has 0 aromatic heterocycles. The Hall–Kier alpha value is -2.66. The number of nitrogens with two attached hydrogens (primary N) is 1. The van der Waals surface area contributed by atoms with E-state index < -0.39 is 6.04 Å². The summed E-state index contributed by atoms with van der Waals surface area (Å²) in [5.41, 5.74) is 7.13. The number of hydrogen-bond acceptors (Lipinski definition) is 3. The number of carbonyl (C=O) groups is 2. The average Bonchev–Trinajstić information content (AvgIpc) is 3.10. The molecule has 2 unspecified atom stereocenters. The van der Waals surface area contributed by atoms with Gasteiger partial charge >= 0.3 is 0 Å². The maximum atomic E-state index is 13.2. The van der Waals surface area contributed by atoms with Crippen LogP contribution in [0.25, 0.3) is 0 Å². The second kappa shape index (κ2) is 7.70. The maximum absolute atomic E-state index is 13.2. The first-order valence-corrected chi connectivity index (χ1v) is 8.92. The normalized spacial score (nSPS) is 20.6. The molecule has 1 saturated heterocycles. The van der Waals surface area contributed by atoms with Crippen LogP contribution in [0.2, 0.25) is 0 Å². The summed E-state index contributed by atoms with van der Waals surface area (Å²) in [6.45, 7) is 3.92. The van der Waals surface area contributed by atoms with Gasteiger partial charge in [-0.2, -0.15) is 0 Å². The van der Waals surface area contributed by atoms with Crippen molar-refractivity contribution in [1.82, 2.24) is 10.2 Å². The molecule has 2 amide bonds. The minimum atomic E-state index is -0.705. The van der Waals surface area contributed by atoms with Gasteiger partial charge in [-0.3, -0.25) is 9.59 Å². The topological polar surface area (TPSA) is 75.4 Å². The maximum Gasteiger partial charge on any atom is 0.252 e. The first-order chi connectivity index (χ1) is 12.5. The third-order valence-corrected chi connectivity index (χ3v) is 5.05. The summed E-state index contributed by atoms with van der Waals surface area (Å²) in [5, 5.41) is 2.91. The highest BCUT2D eigenvalue weighted by atomic mass is 16.2. The molecule has 3 rings (SSSR count). The van der Waals surface area contributed by atoms with Gasteiger partial charge in [0.15, 0.2) is 0 Å². The van der Waals surface area contributed by atoms with Gasteiger partial charge in [0.2, 0.25) is 5.91 Å². The molecule has 1 aliphatic heterocycles. The third kappa shape index (κ3) is 3.94. The number of amides is 2. The summed E-state index contributed by atoms with van der Waals surface area (Å²) in [6, 6.07) is 17.6. The molecule has 2 aromatic rings. The van der Waals surface area contributed by atoms with Gasteiger partial charge < -0.3 is 16.0 Å². The second-order valence-corrected chi connectivity index (χ2v) is 7.21. The Labute approximate surface area is 154 Å². The number of nitrogens with zero attached hydrogens (tertiary/aromatic N) is 1. The van der Waals surface area contributed by atoms with Crippen LogP contribution in [-0.4, -0.2) is 36.3 Å². The molecule has 26 heavy (non-hydrogen) atoms. The number of benzene rings is 2. The molecule has 2 atom stereocenters. The summed E-state index contributed by atoms with van der Waals surface area (Å²) in [4.78, 5) is 27.6. The molecule has 0 radical (unpaired) electrons. The van der Waals surface area contributed by atoms with Crippen molar-refractivity contribution >= 4 is 11.8 Å². The van der Waals surface area contributed by atoms with E-state index >= 15 is 0 Å². The van der Waals surface area contributed by atoms with Gasteiger partial charge in [0.05, 0.1) is 0 Å². The van der Waals surface area contributed by atoms with Gasteiger partial charge in [-0.05, 0) is 36.1 Å². The zero-order chi connectivity index (χ0) is 18.6. The van der Waals surface area contributed by atoms with Crippen LogP contribution in [0.1, 0.15) is 35.3 Å². The highest BCUT2D eigenvalue weighted by Gasteiger charge is 2.38. The van der Waals surface area contributed by atoms with Crippen LogP contribution in [0.5, 0.6) is 0 Å². The van der Waals surface area contributed by atoms with Crippen molar-refractivity contribution in [1.29, 1.82) is 0 Å². The first kappa shape index (κ1) is 18.1. The second-order valence-electron chi connectivity index (χ2n) is 7.21. The van der Waals surface area contributed by atoms with Crippen molar-refractivity contribution in [3.05, 3.63) is 71.8 Å². The molecule has 1 fully saturated rings. The van der Waals surface area contributed by atoms with Gasteiger partial charge in [-0.15, -0.1) is 0 Å². The minimum absolute atomic E-state index is 0.0552. The molecule has 2 aromatic carbocycles. The molecule has 0 aliphatic carbocycles. The summed E-state index contributed by atoms with van der Waals surface area (Å²) in [7, 11) is 0. The Kier molecular flexibility index (Phi) is 5.38. The number of hydrogen-bond donors (Lipinski definition) is 2. The molecule has 1 aliphatic rings. The molecule has 0 spiro atoms. The fraction of sp³-hybridized carbons (Fsp3) is 0.333. The van der Waals surface area contributed by atoms with E-state index in [0.29, 0.717) is 25.2 Å². The van der Waals surface area contributed by atoms with E-state index in [0.717, 1.165) is 12.0 Å². The van der Waals surface area contributed by atoms with E-state index in [4.69, 9.17) is 5.73 Å². The lowest BCUT2D eigenvalue weighted by atomic mass is 9.90. The third-order valence-electron chi connectivity index (χ3n) is 5.05. The van der Waals surface area contributed by atoms with Crippen molar-refractivity contribution in [3.8, 4) is 0 Å². The van der Waals surface area contributed by atoms with Crippen molar-refractivity contribution in [3.63, 3.8) is 0 Å². The van der Waals surface area contributed by atoms with Crippen molar-refractivity contribution in [2.75, 3.05) is 19.6 Å². The zero-order valence-corrected chi connectivity index (χ0v) is 15.0. The SMILES string of the molecule is CC1(CN)CCN(C(=O)C(NC(=O)c2ccccc2)c2ccccc2)C1. The molecule has 5 nitrogen and oxygen atoms in total. The molecular weight excluding hydrogens is 326 g/mol. The van der Waals surface area contributed by atoms with E-state index in [1.165, 1.54) is 0 Å². The molecule has 1 heterocycles. The quantitative estimate of drug-likeness (QED) is 0.868. The van der Waals surface area contributed by atoms with Crippen LogP contribution in [0.4, 0.5) is 0 Å². The lowest BCUT2D eigenvalue weighted by Gasteiger charge is -2.27. The van der Waals surface area contributed by atoms with Crippen LogP contribution < -0.4 is 11.1 Å². The van der Waals surface area contributed by atoms with Crippen LogP contribution in [-0.2, 0) is 4.79 Å².